The summed E-state index contributed by atoms with van der Waals surface area (Å²) >= 11 is 0. The summed E-state index contributed by atoms with van der Waals surface area (Å²) in [6.45, 7) is 6.45. The number of methoxy groups -OCH3 is 1. The van der Waals surface area contributed by atoms with E-state index in [4.69, 9.17) is 9.84 Å². The van der Waals surface area contributed by atoms with Crippen molar-refractivity contribution in [2.24, 2.45) is 0 Å². The van der Waals surface area contributed by atoms with Crippen molar-refractivity contribution in [2.75, 3.05) is 7.11 Å². The van der Waals surface area contributed by atoms with Crippen LogP contribution in [0.5, 0.6) is 0 Å². The molecular formula is C17H26O3. The van der Waals surface area contributed by atoms with Gasteiger partial charge >= 0.3 is 0 Å². The maximum atomic E-state index is 8.64. The van der Waals surface area contributed by atoms with Crippen LogP contribution in [-0.2, 0) is 9.47 Å². The molecular weight excluding hydrogens is 252 g/mol. The van der Waals surface area contributed by atoms with Crippen LogP contribution in [0.25, 0.3) is 0 Å². The van der Waals surface area contributed by atoms with E-state index in [0.717, 1.165) is 19.3 Å². The molecule has 3 nitrogen and oxygen atoms in total. The fraction of sp³-hybridized carbons (Fsp3) is 0.529. The molecule has 0 radical (unpaired) electrons. The quantitative estimate of drug-likeness (QED) is 0.907. The lowest BCUT2D eigenvalue weighted by molar-refractivity contribution is -0.0622. The number of aryl methyl sites for hydroxylation is 1. The lowest BCUT2D eigenvalue weighted by atomic mass is 9.98. The Balaban J connectivity index is 0.000000240. The zero-order chi connectivity index (χ0) is 15.0. The number of hydrogen-bond acceptors (Lipinski definition) is 3. The van der Waals surface area contributed by atoms with E-state index in [0.29, 0.717) is 0 Å². The summed E-state index contributed by atoms with van der Waals surface area (Å²) in [5.41, 5.74) is 4.02. The highest BCUT2D eigenvalue weighted by Gasteiger charge is 2.10. The van der Waals surface area contributed by atoms with Crippen LogP contribution < -0.4 is 0 Å². The molecule has 112 valence electrons. The Morgan fingerprint density at radius 1 is 1.40 bits per heavy atom. The highest BCUT2D eigenvalue weighted by molar-refractivity contribution is 5.34. The molecule has 2 unspecified atom stereocenters. The molecule has 0 fully saturated rings. The lowest BCUT2D eigenvalue weighted by Crippen LogP contribution is -2.09. The summed E-state index contributed by atoms with van der Waals surface area (Å²) in [6.07, 6.45) is 5.82. The maximum absolute atomic E-state index is 8.64. The number of ether oxygens (including phenoxy) is 2. The predicted octanol–water partition coefficient (Wildman–Crippen LogP) is 4.03. The third-order valence-electron chi connectivity index (χ3n) is 3.56. The van der Waals surface area contributed by atoms with E-state index in [2.05, 4.69) is 43.7 Å². The van der Waals surface area contributed by atoms with Crippen LogP contribution in [0.4, 0.5) is 0 Å². The maximum Gasteiger partial charge on any atom is 0.196 e. The Labute approximate surface area is 122 Å². The lowest BCUT2D eigenvalue weighted by Gasteiger charge is -2.17. The molecule has 3 heteroatoms. The first kappa shape index (κ1) is 16.7. The Morgan fingerprint density at radius 2 is 2.15 bits per heavy atom. The van der Waals surface area contributed by atoms with Crippen molar-refractivity contribution < 1.29 is 14.6 Å². The Kier molecular flexibility index (Phi) is 7.34. The molecule has 1 aliphatic heterocycles. The number of aliphatic hydroxyl groups excluding tert-OH is 1. The average Bonchev–Trinajstić information content (AvgIpc) is 2.46. The zero-order valence-corrected chi connectivity index (χ0v) is 12.9. The summed E-state index contributed by atoms with van der Waals surface area (Å²) < 4.78 is 10.1. The zero-order valence-electron chi connectivity index (χ0n) is 12.9. The van der Waals surface area contributed by atoms with E-state index >= 15 is 0 Å². The largest absolute Gasteiger partial charge is 0.473 e. The summed E-state index contributed by atoms with van der Waals surface area (Å²) in [5, 5.41) is 8.64. The molecule has 1 aliphatic rings. The average molecular weight is 278 g/mol. The fourth-order valence-corrected chi connectivity index (χ4v) is 2.16. The van der Waals surface area contributed by atoms with E-state index in [9.17, 15) is 0 Å². The first-order valence-corrected chi connectivity index (χ1v) is 7.17. The van der Waals surface area contributed by atoms with Gasteiger partial charge in [-0.3, -0.25) is 0 Å². The van der Waals surface area contributed by atoms with Gasteiger partial charge in [-0.15, -0.1) is 0 Å². The highest BCUT2D eigenvalue weighted by Crippen LogP contribution is 2.25. The minimum atomic E-state index is -0.551. The molecule has 1 aromatic carbocycles. The highest BCUT2D eigenvalue weighted by atomic mass is 16.6. The summed E-state index contributed by atoms with van der Waals surface area (Å²) in [5.74, 6) is 0. The van der Waals surface area contributed by atoms with Gasteiger partial charge in [-0.25, -0.2) is 0 Å². The van der Waals surface area contributed by atoms with Crippen molar-refractivity contribution in [3.8, 4) is 0 Å². The molecule has 20 heavy (non-hydrogen) atoms. The third-order valence-corrected chi connectivity index (χ3v) is 3.56. The van der Waals surface area contributed by atoms with Crippen LogP contribution >= 0.6 is 0 Å². The summed E-state index contributed by atoms with van der Waals surface area (Å²) in [7, 11) is 1.77. The van der Waals surface area contributed by atoms with Crippen molar-refractivity contribution in [3.05, 3.63) is 47.2 Å². The van der Waals surface area contributed by atoms with Gasteiger partial charge < -0.3 is 14.6 Å². The Bertz CT molecular complexity index is 422. The van der Waals surface area contributed by atoms with Crippen molar-refractivity contribution in [2.45, 2.75) is 52.4 Å². The molecule has 0 aromatic heterocycles. The van der Waals surface area contributed by atoms with E-state index in [1.807, 2.05) is 6.08 Å². The van der Waals surface area contributed by atoms with Gasteiger partial charge in [0.25, 0.3) is 0 Å². The van der Waals surface area contributed by atoms with E-state index in [-0.39, 0.29) is 6.10 Å². The molecule has 1 N–H and O–H groups in total. The number of benzene rings is 1. The Hall–Kier alpha value is -1.32. The van der Waals surface area contributed by atoms with Gasteiger partial charge in [0.05, 0.1) is 12.4 Å². The monoisotopic (exact) mass is 278 g/mol. The summed E-state index contributed by atoms with van der Waals surface area (Å²) in [4.78, 5) is 0. The van der Waals surface area contributed by atoms with Gasteiger partial charge in [0.15, 0.2) is 6.29 Å². The predicted molar refractivity (Wildman–Crippen MR) is 81.4 cm³/mol. The number of aliphatic hydroxyl groups is 1. The van der Waals surface area contributed by atoms with Gasteiger partial charge in [0.2, 0.25) is 0 Å². The van der Waals surface area contributed by atoms with Crippen molar-refractivity contribution >= 4 is 0 Å². The molecule has 0 saturated heterocycles. The second kappa shape index (κ2) is 8.77. The minimum Gasteiger partial charge on any atom is -0.473 e. The minimum absolute atomic E-state index is 0.250. The molecule has 0 saturated carbocycles. The molecule has 0 aliphatic carbocycles. The standard InChI is InChI=1S/C12H18O.C5H8O2/c1-5-12(13-4)11-8-6-7-9(2)10(11)3;6-5-3-1-2-4-7-5/h6-8,12H,5H2,1-4H3;2,4-6H,1,3H2. The molecule has 0 spiro atoms. The van der Waals surface area contributed by atoms with Gasteiger partial charge in [-0.1, -0.05) is 25.1 Å². The first-order chi connectivity index (χ1) is 9.60. The smallest absolute Gasteiger partial charge is 0.196 e. The van der Waals surface area contributed by atoms with Crippen LogP contribution in [0.15, 0.2) is 30.5 Å². The van der Waals surface area contributed by atoms with Gasteiger partial charge in [-0.05, 0) is 49.5 Å². The van der Waals surface area contributed by atoms with E-state index in [1.54, 1.807) is 7.11 Å². The molecule has 2 rings (SSSR count). The number of rotatable bonds is 3. The second-order valence-electron chi connectivity index (χ2n) is 4.96. The molecule has 0 amide bonds. The van der Waals surface area contributed by atoms with Gasteiger partial charge in [-0.2, -0.15) is 0 Å². The molecule has 1 heterocycles. The van der Waals surface area contributed by atoms with Crippen LogP contribution in [0.1, 0.15) is 49.0 Å². The van der Waals surface area contributed by atoms with Crippen molar-refractivity contribution in [1.82, 2.24) is 0 Å². The van der Waals surface area contributed by atoms with Crippen LogP contribution in [0, 0.1) is 13.8 Å². The number of hydrogen-bond donors (Lipinski definition) is 1. The van der Waals surface area contributed by atoms with Crippen LogP contribution in [0.3, 0.4) is 0 Å². The first-order valence-electron chi connectivity index (χ1n) is 7.17. The van der Waals surface area contributed by atoms with E-state index in [1.165, 1.54) is 23.0 Å². The molecule has 1 aromatic rings. The van der Waals surface area contributed by atoms with E-state index < -0.39 is 6.29 Å². The SMILES string of the molecule is CCC(OC)c1cccc(C)c1C.OC1CCC=CO1. The normalized spacial score (nSPS) is 18.8. The number of allylic oxidation sites excluding steroid dienone is 1. The summed E-state index contributed by atoms with van der Waals surface area (Å²) in [6, 6.07) is 6.39. The second-order valence-corrected chi connectivity index (χ2v) is 4.96. The molecule has 0 bridgehead atoms. The third kappa shape index (κ3) is 4.99. The van der Waals surface area contributed by atoms with Crippen LogP contribution in [0.2, 0.25) is 0 Å². The Morgan fingerprint density at radius 3 is 2.60 bits per heavy atom. The topological polar surface area (TPSA) is 38.7 Å². The fourth-order valence-electron chi connectivity index (χ4n) is 2.16. The van der Waals surface area contributed by atoms with Gasteiger partial charge in [0, 0.05) is 13.5 Å². The molecule has 2 atom stereocenters. The van der Waals surface area contributed by atoms with Crippen molar-refractivity contribution in [1.29, 1.82) is 0 Å². The van der Waals surface area contributed by atoms with Crippen molar-refractivity contribution in [3.63, 3.8) is 0 Å². The van der Waals surface area contributed by atoms with Crippen LogP contribution in [-0.4, -0.2) is 18.5 Å². The van der Waals surface area contributed by atoms with Gasteiger partial charge in [0.1, 0.15) is 0 Å².